The summed E-state index contributed by atoms with van der Waals surface area (Å²) in [6.07, 6.45) is 1.11. The number of nitrogens with zero attached hydrogens (tertiary/aromatic N) is 4. The average molecular weight is 387 g/mol. The van der Waals surface area contributed by atoms with Gasteiger partial charge in [-0.25, -0.2) is 4.68 Å². The van der Waals surface area contributed by atoms with Crippen LogP contribution < -0.4 is 10.1 Å². The van der Waals surface area contributed by atoms with Crippen molar-refractivity contribution in [3.63, 3.8) is 0 Å². The quantitative estimate of drug-likeness (QED) is 0.523. The largest absolute Gasteiger partial charge is 0.493 e. The van der Waals surface area contributed by atoms with E-state index in [2.05, 4.69) is 42.8 Å². The number of hydrogen-bond acceptors (Lipinski definition) is 5. The second kappa shape index (κ2) is 9.12. The SMILES string of the molecule is CCOc1ccc(Br)cc1C[NH2+]CCCSc1nnnn1C. The molecule has 120 valence electrons. The van der Waals surface area contributed by atoms with Crippen LogP contribution in [0.4, 0.5) is 0 Å². The zero-order chi connectivity index (χ0) is 15.8. The van der Waals surface area contributed by atoms with E-state index in [0.29, 0.717) is 6.61 Å². The van der Waals surface area contributed by atoms with E-state index in [1.54, 1.807) is 16.4 Å². The number of quaternary nitrogens is 1. The third kappa shape index (κ3) is 5.26. The van der Waals surface area contributed by atoms with E-state index >= 15 is 0 Å². The van der Waals surface area contributed by atoms with Crippen molar-refractivity contribution in [3.05, 3.63) is 28.2 Å². The van der Waals surface area contributed by atoms with Gasteiger partial charge in [-0.1, -0.05) is 27.7 Å². The van der Waals surface area contributed by atoms with Crippen molar-refractivity contribution >= 4 is 27.7 Å². The van der Waals surface area contributed by atoms with Crippen molar-refractivity contribution in [1.82, 2.24) is 20.2 Å². The normalized spacial score (nSPS) is 10.9. The summed E-state index contributed by atoms with van der Waals surface area (Å²) in [6, 6.07) is 6.16. The average Bonchev–Trinajstić information content (AvgIpc) is 2.91. The van der Waals surface area contributed by atoms with Gasteiger partial charge in [0.25, 0.3) is 0 Å². The number of halogens is 1. The minimum absolute atomic E-state index is 0.691. The van der Waals surface area contributed by atoms with Crippen LogP contribution in [-0.4, -0.2) is 39.1 Å². The molecule has 0 aliphatic carbocycles. The van der Waals surface area contributed by atoms with Crippen LogP contribution in [0.3, 0.4) is 0 Å². The fourth-order valence-electron chi connectivity index (χ4n) is 2.00. The van der Waals surface area contributed by atoms with Gasteiger partial charge in [-0.2, -0.15) is 0 Å². The first kappa shape index (κ1) is 17.2. The van der Waals surface area contributed by atoms with Gasteiger partial charge < -0.3 is 10.1 Å². The van der Waals surface area contributed by atoms with Gasteiger partial charge in [0.05, 0.1) is 13.2 Å². The number of hydrogen-bond donors (Lipinski definition) is 1. The molecule has 2 rings (SSSR count). The summed E-state index contributed by atoms with van der Waals surface area (Å²) in [6.45, 7) is 4.69. The smallest absolute Gasteiger partial charge is 0.209 e. The lowest BCUT2D eigenvalue weighted by Crippen LogP contribution is -2.82. The number of thioether (sulfide) groups is 1. The molecule has 0 saturated carbocycles. The monoisotopic (exact) mass is 386 g/mol. The van der Waals surface area contributed by atoms with Crippen LogP contribution in [0, 0.1) is 0 Å². The zero-order valence-electron chi connectivity index (χ0n) is 12.8. The highest BCUT2D eigenvalue weighted by Crippen LogP contribution is 2.22. The van der Waals surface area contributed by atoms with Crippen LogP contribution in [0.15, 0.2) is 27.8 Å². The van der Waals surface area contributed by atoms with Crippen LogP contribution in [0.1, 0.15) is 18.9 Å². The Bertz CT molecular complexity index is 592. The molecule has 0 spiro atoms. The highest BCUT2D eigenvalue weighted by molar-refractivity contribution is 9.10. The number of aromatic nitrogens is 4. The summed E-state index contributed by atoms with van der Waals surface area (Å²) in [5.74, 6) is 1.99. The molecule has 0 amide bonds. The van der Waals surface area contributed by atoms with Crippen molar-refractivity contribution in [2.24, 2.45) is 7.05 Å². The van der Waals surface area contributed by atoms with Gasteiger partial charge in [-0.3, -0.25) is 0 Å². The molecule has 22 heavy (non-hydrogen) atoms. The van der Waals surface area contributed by atoms with Gasteiger partial charge in [0.1, 0.15) is 12.3 Å². The molecule has 2 N–H and O–H groups in total. The van der Waals surface area contributed by atoms with E-state index in [4.69, 9.17) is 4.74 Å². The van der Waals surface area contributed by atoms with Crippen LogP contribution in [0.2, 0.25) is 0 Å². The fourth-order valence-corrected chi connectivity index (χ4v) is 3.22. The maximum absolute atomic E-state index is 5.66. The lowest BCUT2D eigenvalue weighted by molar-refractivity contribution is -0.670. The molecule has 0 aliphatic heterocycles. The molecule has 2 aromatic rings. The summed E-state index contributed by atoms with van der Waals surface area (Å²) in [7, 11) is 1.86. The van der Waals surface area contributed by atoms with E-state index in [-0.39, 0.29) is 0 Å². The molecular weight excluding hydrogens is 366 g/mol. The van der Waals surface area contributed by atoms with E-state index in [1.807, 2.05) is 26.1 Å². The third-order valence-corrected chi connectivity index (χ3v) is 4.64. The lowest BCUT2D eigenvalue weighted by Gasteiger charge is -2.10. The number of aryl methyl sites for hydroxylation is 1. The third-order valence-electron chi connectivity index (χ3n) is 3.05. The van der Waals surface area contributed by atoms with Crippen molar-refractivity contribution in [1.29, 1.82) is 0 Å². The van der Waals surface area contributed by atoms with Gasteiger partial charge in [-0.15, -0.1) is 5.10 Å². The molecule has 0 saturated heterocycles. The summed E-state index contributed by atoms with van der Waals surface area (Å²) in [5, 5.41) is 14.6. The molecule has 1 aromatic carbocycles. The van der Waals surface area contributed by atoms with Crippen molar-refractivity contribution in [2.75, 3.05) is 18.9 Å². The van der Waals surface area contributed by atoms with Gasteiger partial charge in [0.2, 0.25) is 5.16 Å². The molecule has 0 fully saturated rings. The Labute approximate surface area is 143 Å². The second-order valence-corrected chi connectivity index (χ2v) is 6.73. The first-order chi connectivity index (χ1) is 10.7. The van der Waals surface area contributed by atoms with E-state index in [9.17, 15) is 0 Å². The molecule has 0 atom stereocenters. The van der Waals surface area contributed by atoms with E-state index in [1.165, 1.54) is 5.56 Å². The fraction of sp³-hybridized carbons (Fsp3) is 0.500. The second-order valence-electron chi connectivity index (χ2n) is 4.75. The van der Waals surface area contributed by atoms with Crippen molar-refractivity contribution < 1.29 is 10.1 Å². The number of tetrazole rings is 1. The van der Waals surface area contributed by atoms with Gasteiger partial charge in [-0.05, 0) is 35.5 Å². The summed E-state index contributed by atoms with van der Waals surface area (Å²) in [4.78, 5) is 0. The highest BCUT2D eigenvalue weighted by atomic mass is 79.9. The lowest BCUT2D eigenvalue weighted by atomic mass is 10.2. The van der Waals surface area contributed by atoms with E-state index < -0.39 is 0 Å². The van der Waals surface area contributed by atoms with Crippen molar-refractivity contribution in [3.8, 4) is 5.75 Å². The maximum Gasteiger partial charge on any atom is 0.209 e. The number of rotatable bonds is 9. The Morgan fingerprint density at radius 3 is 3.00 bits per heavy atom. The Kier molecular flexibility index (Phi) is 7.14. The maximum atomic E-state index is 5.66. The van der Waals surface area contributed by atoms with Gasteiger partial charge in [0, 0.05) is 29.3 Å². The molecule has 0 radical (unpaired) electrons. The number of ether oxygens (including phenoxy) is 1. The molecule has 0 bridgehead atoms. The molecular formula is C14H21BrN5OS+. The predicted molar refractivity (Wildman–Crippen MR) is 89.9 cm³/mol. The molecule has 1 heterocycles. The van der Waals surface area contributed by atoms with Crippen molar-refractivity contribution in [2.45, 2.75) is 25.0 Å². The minimum Gasteiger partial charge on any atom is -0.493 e. The summed E-state index contributed by atoms with van der Waals surface area (Å²) < 4.78 is 8.45. The van der Waals surface area contributed by atoms with E-state index in [0.717, 1.165) is 40.6 Å². The molecule has 1 aromatic heterocycles. The van der Waals surface area contributed by atoms with Crippen LogP contribution >= 0.6 is 27.7 Å². The van der Waals surface area contributed by atoms with Gasteiger partial charge >= 0.3 is 0 Å². The summed E-state index contributed by atoms with van der Waals surface area (Å²) in [5.41, 5.74) is 1.22. The highest BCUT2D eigenvalue weighted by Gasteiger charge is 2.07. The Morgan fingerprint density at radius 1 is 1.41 bits per heavy atom. The standard InChI is InChI=1S/C14H20BrN5OS/c1-3-21-13-6-5-12(15)9-11(13)10-16-7-4-8-22-14-17-18-19-20(14)2/h5-6,9,16H,3-4,7-8,10H2,1-2H3/p+1. The number of nitrogens with two attached hydrogens (primary N) is 1. The Morgan fingerprint density at radius 2 is 2.27 bits per heavy atom. The predicted octanol–water partition coefficient (Wildman–Crippen LogP) is 1.62. The Balaban J connectivity index is 1.70. The van der Waals surface area contributed by atoms with Crippen LogP contribution in [-0.2, 0) is 13.6 Å². The van der Waals surface area contributed by atoms with Crippen LogP contribution in [0.25, 0.3) is 0 Å². The molecule has 6 nitrogen and oxygen atoms in total. The molecule has 0 unspecified atom stereocenters. The zero-order valence-corrected chi connectivity index (χ0v) is 15.2. The summed E-state index contributed by atoms with van der Waals surface area (Å²) >= 11 is 5.20. The molecule has 8 heteroatoms. The number of benzene rings is 1. The van der Waals surface area contributed by atoms with Gasteiger partial charge in [0.15, 0.2) is 0 Å². The minimum atomic E-state index is 0.691. The topological polar surface area (TPSA) is 69.4 Å². The molecule has 0 aliphatic rings. The van der Waals surface area contributed by atoms with Crippen LogP contribution in [0.5, 0.6) is 5.75 Å². The first-order valence-corrected chi connectivity index (χ1v) is 9.06. The Hall–Kier alpha value is -1.12. The first-order valence-electron chi connectivity index (χ1n) is 7.28.